The number of nitrogens with zero attached hydrogens (tertiary/aromatic N) is 2. The standard InChI is InChI=1S/C14H18N2O/c1-14(2)10-17-13(15-14)12-9-16(12)8-11-6-4-3-5-7-11/h3-7,12H,8-10H2,1-2H3. The molecule has 2 aliphatic heterocycles. The summed E-state index contributed by atoms with van der Waals surface area (Å²) in [6.45, 7) is 7.02. The van der Waals surface area contributed by atoms with Gasteiger partial charge in [-0.1, -0.05) is 30.3 Å². The quantitative estimate of drug-likeness (QED) is 0.743. The molecule has 0 radical (unpaired) electrons. The minimum absolute atomic E-state index is 0.0314. The third-order valence-corrected chi connectivity index (χ3v) is 3.21. The predicted molar refractivity (Wildman–Crippen MR) is 68.1 cm³/mol. The lowest BCUT2D eigenvalue weighted by Gasteiger charge is -2.07. The van der Waals surface area contributed by atoms with Gasteiger partial charge in [-0.05, 0) is 19.4 Å². The summed E-state index contributed by atoms with van der Waals surface area (Å²) >= 11 is 0. The molecule has 1 aromatic carbocycles. The van der Waals surface area contributed by atoms with Gasteiger partial charge in [0.2, 0.25) is 5.90 Å². The van der Waals surface area contributed by atoms with Crippen LogP contribution in [0.1, 0.15) is 19.4 Å². The van der Waals surface area contributed by atoms with Crippen molar-refractivity contribution in [3.8, 4) is 0 Å². The lowest BCUT2D eigenvalue weighted by Crippen LogP contribution is -2.17. The van der Waals surface area contributed by atoms with E-state index in [0.29, 0.717) is 6.04 Å². The molecule has 0 aromatic heterocycles. The largest absolute Gasteiger partial charge is 0.477 e. The molecule has 2 atom stereocenters. The van der Waals surface area contributed by atoms with Crippen LogP contribution in [-0.4, -0.2) is 35.5 Å². The summed E-state index contributed by atoms with van der Waals surface area (Å²) in [7, 11) is 0. The molecule has 0 N–H and O–H groups in total. The molecule has 2 aliphatic rings. The van der Waals surface area contributed by atoms with Gasteiger partial charge in [0.25, 0.3) is 0 Å². The molecule has 3 nitrogen and oxygen atoms in total. The van der Waals surface area contributed by atoms with E-state index in [-0.39, 0.29) is 5.54 Å². The summed E-state index contributed by atoms with van der Waals surface area (Å²) in [6.07, 6.45) is 0. The first-order valence-corrected chi connectivity index (χ1v) is 6.15. The summed E-state index contributed by atoms with van der Waals surface area (Å²) in [5.41, 5.74) is 1.32. The number of rotatable bonds is 3. The van der Waals surface area contributed by atoms with Crippen LogP contribution < -0.4 is 0 Å². The van der Waals surface area contributed by atoms with Gasteiger partial charge < -0.3 is 4.74 Å². The van der Waals surface area contributed by atoms with Gasteiger partial charge in [-0.25, -0.2) is 4.99 Å². The van der Waals surface area contributed by atoms with Crippen LogP contribution in [0.15, 0.2) is 35.3 Å². The summed E-state index contributed by atoms with van der Waals surface area (Å²) in [6, 6.07) is 11.0. The molecular formula is C14H18N2O. The number of ether oxygens (including phenoxy) is 1. The van der Waals surface area contributed by atoms with Crippen molar-refractivity contribution in [2.45, 2.75) is 32.0 Å². The summed E-state index contributed by atoms with van der Waals surface area (Å²) in [5, 5.41) is 0. The number of hydrogen-bond donors (Lipinski definition) is 0. The van der Waals surface area contributed by atoms with Gasteiger partial charge in [0.05, 0.1) is 11.6 Å². The summed E-state index contributed by atoms with van der Waals surface area (Å²) < 4.78 is 5.67. The van der Waals surface area contributed by atoms with E-state index in [1.54, 1.807) is 0 Å². The van der Waals surface area contributed by atoms with Crippen molar-refractivity contribution in [3.05, 3.63) is 35.9 Å². The Bertz CT molecular complexity index is 439. The van der Waals surface area contributed by atoms with Crippen molar-refractivity contribution < 1.29 is 4.74 Å². The molecule has 1 saturated heterocycles. The molecule has 3 heteroatoms. The Morgan fingerprint density at radius 1 is 1.35 bits per heavy atom. The monoisotopic (exact) mass is 230 g/mol. The van der Waals surface area contributed by atoms with Gasteiger partial charge in [-0.2, -0.15) is 0 Å². The third-order valence-electron chi connectivity index (χ3n) is 3.21. The minimum Gasteiger partial charge on any atom is -0.477 e. The molecular weight excluding hydrogens is 212 g/mol. The fourth-order valence-corrected chi connectivity index (χ4v) is 2.19. The average Bonchev–Trinajstić information content (AvgIpc) is 2.96. The second-order valence-electron chi connectivity index (χ2n) is 5.48. The maximum atomic E-state index is 5.67. The molecule has 2 heterocycles. The lowest BCUT2D eigenvalue weighted by molar-refractivity contribution is 0.271. The first-order valence-electron chi connectivity index (χ1n) is 6.15. The van der Waals surface area contributed by atoms with Crippen LogP contribution in [0.5, 0.6) is 0 Å². The lowest BCUT2D eigenvalue weighted by atomic mass is 10.1. The van der Waals surface area contributed by atoms with Crippen molar-refractivity contribution in [1.29, 1.82) is 0 Å². The number of hydrogen-bond acceptors (Lipinski definition) is 3. The molecule has 1 fully saturated rings. The average molecular weight is 230 g/mol. The second kappa shape index (κ2) is 3.84. The highest BCUT2D eigenvalue weighted by Crippen LogP contribution is 2.28. The highest BCUT2D eigenvalue weighted by molar-refractivity contribution is 5.86. The van der Waals surface area contributed by atoms with E-state index in [1.165, 1.54) is 5.56 Å². The van der Waals surface area contributed by atoms with Gasteiger partial charge in [-0.3, -0.25) is 4.90 Å². The molecule has 2 unspecified atom stereocenters. The Balaban J connectivity index is 1.61. The van der Waals surface area contributed by atoms with E-state index in [9.17, 15) is 0 Å². The zero-order valence-electron chi connectivity index (χ0n) is 10.4. The van der Waals surface area contributed by atoms with Crippen molar-refractivity contribution in [2.75, 3.05) is 13.2 Å². The third kappa shape index (κ3) is 2.34. The van der Waals surface area contributed by atoms with E-state index in [2.05, 4.69) is 54.1 Å². The number of benzene rings is 1. The fraction of sp³-hybridized carbons (Fsp3) is 0.500. The van der Waals surface area contributed by atoms with Crippen LogP contribution in [0.25, 0.3) is 0 Å². The first kappa shape index (κ1) is 10.8. The zero-order valence-corrected chi connectivity index (χ0v) is 10.4. The van der Waals surface area contributed by atoms with Crippen LogP contribution in [0.3, 0.4) is 0 Å². The Hall–Kier alpha value is -1.35. The fourth-order valence-electron chi connectivity index (χ4n) is 2.19. The topological polar surface area (TPSA) is 24.6 Å². The summed E-state index contributed by atoms with van der Waals surface area (Å²) in [5.74, 6) is 0.936. The van der Waals surface area contributed by atoms with E-state index in [4.69, 9.17) is 4.74 Å². The van der Waals surface area contributed by atoms with Crippen molar-refractivity contribution in [3.63, 3.8) is 0 Å². The number of aliphatic imine (C=N–C) groups is 1. The smallest absolute Gasteiger partial charge is 0.203 e. The molecule has 0 amide bonds. The maximum absolute atomic E-state index is 5.67. The van der Waals surface area contributed by atoms with Gasteiger partial charge >= 0.3 is 0 Å². The van der Waals surface area contributed by atoms with E-state index < -0.39 is 0 Å². The molecule has 0 bridgehead atoms. The van der Waals surface area contributed by atoms with E-state index in [0.717, 1.165) is 25.6 Å². The van der Waals surface area contributed by atoms with E-state index in [1.807, 2.05) is 0 Å². The van der Waals surface area contributed by atoms with Crippen LogP contribution in [0, 0.1) is 0 Å². The normalized spacial score (nSPS) is 29.6. The molecule has 0 spiro atoms. The Morgan fingerprint density at radius 3 is 2.76 bits per heavy atom. The van der Waals surface area contributed by atoms with Gasteiger partial charge in [-0.15, -0.1) is 0 Å². The van der Waals surface area contributed by atoms with Crippen LogP contribution in [0.4, 0.5) is 0 Å². The zero-order chi connectivity index (χ0) is 11.9. The molecule has 0 aliphatic carbocycles. The Kier molecular flexibility index (Phi) is 2.44. The van der Waals surface area contributed by atoms with Crippen LogP contribution >= 0.6 is 0 Å². The Labute approximate surface area is 102 Å². The SMILES string of the molecule is CC1(C)COC(C2CN2Cc2ccccc2)=N1. The van der Waals surface area contributed by atoms with Gasteiger partial charge in [0.15, 0.2) is 0 Å². The Morgan fingerprint density at radius 2 is 2.12 bits per heavy atom. The van der Waals surface area contributed by atoms with Crippen molar-refractivity contribution in [2.24, 2.45) is 4.99 Å². The molecule has 1 aromatic rings. The van der Waals surface area contributed by atoms with Crippen molar-refractivity contribution in [1.82, 2.24) is 4.90 Å². The predicted octanol–water partition coefficient (Wildman–Crippen LogP) is 2.08. The first-order chi connectivity index (χ1) is 8.14. The van der Waals surface area contributed by atoms with Gasteiger partial charge in [0, 0.05) is 13.1 Å². The summed E-state index contributed by atoms with van der Waals surface area (Å²) in [4.78, 5) is 7.01. The highest BCUT2D eigenvalue weighted by atomic mass is 16.5. The minimum atomic E-state index is -0.0314. The maximum Gasteiger partial charge on any atom is 0.203 e. The van der Waals surface area contributed by atoms with Crippen LogP contribution in [0.2, 0.25) is 0 Å². The highest BCUT2D eigenvalue weighted by Gasteiger charge is 2.43. The van der Waals surface area contributed by atoms with Crippen LogP contribution in [-0.2, 0) is 11.3 Å². The molecule has 3 rings (SSSR count). The molecule has 90 valence electrons. The van der Waals surface area contributed by atoms with Gasteiger partial charge in [0.1, 0.15) is 6.61 Å². The molecule has 0 saturated carbocycles. The van der Waals surface area contributed by atoms with Crippen molar-refractivity contribution >= 4 is 5.90 Å². The van der Waals surface area contributed by atoms with E-state index >= 15 is 0 Å². The molecule has 17 heavy (non-hydrogen) atoms. The second-order valence-corrected chi connectivity index (χ2v) is 5.48.